The first kappa shape index (κ1) is 12.8. The van der Waals surface area contributed by atoms with Gasteiger partial charge in [-0.05, 0) is 19.3 Å². The Balaban J connectivity index is 1.86. The zero-order valence-corrected chi connectivity index (χ0v) is 12.2. The molecule has 2 N–H and O–H groups in total. The lowest BCUT2D eigenvalue weighted by atomic mass is 9.95. The summed E-state index contributed by atoms with van der Waals surface area (Å²) in [5.41, 5.74) is 7.97. The number of hydrogen-bond acceptors (Lipinski definition) is 5. The van der Waals surface area contributed by atoms with Crippen molar-refractivity contribution in [1.82, 2.24) is 9.55 Å². The molecule has 0 radical (unpaired) electrons. The van der Waals surface area contributed by atoms with Gasteiger partial charge in [-0.1, -0.05) is 0 Å². The molecule has 0 spiro atoms. The number of anilines is 1. The Kier molecular flexibility index (Phi) is 2.75. The number of imidazole rings is 1. The average molecular weight is 289 g/mol. The minimum atomic E-state index is 0.253. The van der Waals surface area contributed by atoms with Crippen molar-refractivity contribution in [3.05, 3.63) is 12.1 Å². The molecular weight excluding hydrogens is 270 g/mol. The Morgan fingerprint density at radius 2 is 2.00 bits per heavy atom. The monoisotopic (exact) mass is 289 g/mol. The summed E-state index contributed by atoms with van der Waals surface area (Å²) in [7, 11) is 3.25. The number of nitrogen functional groups attached to an aromatic ring is 1. The van der Waals surface area contributed by atoms with Crippen LogP contribution in [0.2, 0.25) is 0 Å². The largest absolute Gasteiger partial charge is 0.493 e. The molecule has 0 amide bonds. The molecule has 21 heavy (non-hydrogen) atoms. The number of ether oxygens (including phenoxy) is 3. The van der Waals surface area contributed by atoms with Gasteiger partial charge in [-0.2, -0.15) is 0 Å². The maximum atomic E-state index is 6.16. The van der Waals surface area contributed by atoms with Crippen LogP contribution in [0.4, 0.5) is 5.95 Å². The van der Waals surface area contributed by atoms with Crippen molar-refractivity contribution in [2.75, 3.05) is 20.0 Å². The van der Waals surface area contributed by atoms with E-state index in [0.29, 0.717) is 23.6 Å². The summed E-state index contributed by atoms with van der Waals surface area (Å²) in [6, 6.07) is 4.09. The molecule has 3 unspecified atom stereocenters. The quantitative estimate of drug-likeness (QED) is 0.937. The molecule has 2 aliphatic rings. The first-order valence-electron chi connectivity index (χ1n) is 7.26. The highest BCUT2D eigenvalue weighted by Gasteiger charge is 2.42. The number of aromatic nitrogens is 2. The second kappa shape index (κ2) is 4.53. The lowest BCUT2D eigenvalue weighted by Crippen LogP contribution is -2.22. The van der Waals surface area contributed by atoms with E-state index in [4.69, 9.17) is 19.9 Å². The summed E-state index contributed by atoms with van der Waals surface area (Å²) < 4.78 is 18.8. The molecule has 3 atom stereocenters. The molecule has 2 aliphatic heterocycles. The maximum absolute atomic E-state index is 6.16. The third-order valence-electron chi connectivity index (χ3n) is 4.63. The van der Waals surface area contributed by atoms with E-state index in [9.17, 15) is 0 Å². The van der Waals surface area contributed by atoms with Gasteiger partial charge in [-0.15, -0.1) is 0 Å². The molecule has 0 aliphatic carbocycles. The zero-order valence-electron chi connectivity index (χ0n) is 12.2. The van der Waals surface area contributed by atoms with Gasteiger partial charge < -0.3 is 24.5 Å². The smallest absolute Gasteiger partial charge is 0.201 e. The molecule has 2 fully saturated rings. The van der Waals surface area contributed by atoms with Crippen molar-refractivity contribution in [3.8, 4) is 11.5 Å². The Bertz CT molecular complexity index is 697. The van der Waals surface area contributed by atoms with Crippen LogP contribution in [0.1, 0.15) is 25.3 Å². The number of methoxy groups -OCH3 is 2. The van der Waals surface area contributed by atoms with Gasteiger partial charge in [0.2, 0.25) is 5.95 Å². The fourth-order valence-electron chi connectivity index (χ4n) is 3.67. The molecule has 0 saturated carbocycles. The number of nitrogens with two attached hydrogens (primary N) is 1. The average Bonchev–Trinajstić information content (AvgIpc) is 3.17. The van der Waals surface area contributed by atoms with Crippen LogP contribution >= 0.6 is 0 Å². The summed E-state index contributed by atoms with van der Waals surface area (Å²) in [6.45, 7) is 0. The molecule has 1 aromatic carbocycles. The Hall–Kier alpha value is -1.95. The van der Waals surface area contributed by atoms with Crippen LogP contribution in [-0.2, 0) is 4.74 Å². The normalized spacial score (nSPS) is 27.4. The zero-order chi connectivity index (χ0) is 14.6. The van der Waals surface area contributed by atoms with Gasteiger partial charge >= 0.3 is 0 Å². The first-order valence-corrected chi connectivity index (χ1v) is 7.26. The Morgan fingerprint density at radius 1 is 1.24 bits per heavy atom. The maximum Gasteiger partial charge on any atom is 0.201 e. The van der Waals surface area contributed by atoms with Gasteiger partial charge in [-0.3, -0.25) is 0 Å². The Morgan fingerprint density at radius 3 is 2.62 bits per heavy atom. The van der Waals surface area contributed by atoms with Crippen LogP contribution in [0.15, 0.2) is 12.1 Å². The van der Waals surface area contributed by atoms with Crippen molar-refractivity contribution in [3.63, 3.8) is 0 Å². The second-order valence-electron chi connectivity index (χ2n) is 5.71. The van der Waals surface area contributed by atoms with Gasteiger partial charge in [0.25, 0.3) is 0 Å². The van der Waals surface area contributed by atoms with E-state index < -0.39 is 0 Å². The van der Waals surface area contributed by atoms with Crippen molar-refractivity contribution in [2.24, 2.45) is 0 Å². The standard InChI is InChI=1S/C15H19N3O3/c1-19-13-6-9-10(7-14(13)20-2)18(15(16)17-9)11-5-8-3-4-12(11)21-8/h6-8,11-12H,3-5H2,1-2H3,(H2,16,17). The fourth-order valence-corrected chi connectivity index (χ4v) is 3.67. The van der Waals surface area contributed by atoms with Crippen LogP contribution in [0.25, 0.3) is 11.0 Å². The van der Waals surface area contributed by atoms with Gasteiger partial charge in [0.1, 0.15) is 0 Å². The predicted molar refractivity (Wildman–Crippen MR) is 78.8 cm³/mol. The van der Waals surface area contributed by atoms with Crippen molar-refractivity contribution >= 4 is 17.0 Å². The van der Waals surface area contributed by atoms with E-state index in [1.165, 1.54) is 0 Å². The van der Waals surface area contributed by atoms with Gasteiger partial charge in [-0.25, -0.2) is 4.98 Å². The second-order valence-corrected chi connectivity index (χ2v) is 5.71. The summed E-state index contributed by atoms with van der Waals surface area (Å²) in [5, 5.41) is 0. The highest BCUT2D eigenvalue weighted by Crippen LogP contribution is 2.44. The summed E-state index contributed by atoms with van der Waals surface area (Å²) in [6.07, 6.45) is 3.89. The summed E-state index contributed by atoms with van der Waals surface area (Å²) >= 11 is 0. The fraction of sp³-hybridized carbons (Fsp3) is 0.533. The molecule has 112 valence electrons. The molecular formula is C15H19N3O3. The first-order chi connectivity index (χ1) is 10.2. The molecule has 6 heteroatoms. The van der Waals surface area contributed by atoms with Crippen molar-refractivity contribution in [1.29, 1.82) is 0 Å². The number of rotatable bonds is 3. The number of fused-ring (bicyclic) bond motifs is 3. The molecule has 2 bridgehead atoms. The molecule has 2 aromatic rings. The number of nitrogens with zero attached hydrogens (tertiary/aromatic N) is 2. The lowest BCUT2D eigenvalue weighted by molar-refractivity contribution is 0.0945. The van der Waals surface area contributed by atoms with Crippen LogP contribution in [0.5, 0.6) is 11.5 Å². The summed E-state index contributed by atoms with van der Waals surface area (Å²) in [4.78, 5) is 4.47. The van der Waals surface area contributed by atoms with E-state index in [0.717, 1.165) is 30.3 Å². The highest BCUT2D eigenvalue weighted by atomic mass is 16.5. The van der Waals surface area contributed by atoms with Crippen LogP contribution < -0.4 is 15.2 Å². The summed E-state index contributed by atoms with van der Waals surface area (Å²) in [5.74, 6) is 1.88. The van der Waals surface area contributed by atoms with E-state index in [1.807, 2.05) is 12.1 Å². The van der Waals surface area contributed by atoms with E-state index in [2.05, 4.69) is 9.55 Å². The molecule has 1 aromatic heterocycles. The van der Waals surface area contributed by atoms with Crippen LogP contribution in [-0.4, -0.2) is 36.0 Å². The Labute approximate surface area is 122 Å². The topological polar surface area (TPSA) is 71.5 Å². The highest BCUT2D eigenvalue weighted by molar-refractivity contribution is 5.82. The molecule has 3 heterocycles. The third-order valence-corrected chi connectivity index (χ3v) is 4.63. The minimum Gasteiger partial charge on any atom is -0.493 e. The van der Waals surface area contributed by atoms with Crippen molar-refractivity contribution < 1.29 is 14.2 Å². The lowest BCUT2D eigenvalue weighted by Gasteiger charge is -2.22. The van der Waals surface area contributed by atoms with Crippen LogP contribution in [0, 0.1) is 0 Å². The van der Waals surface area contributed by atoms with Gasteiger partial charge in [0.15, 0.2) is 11.5 Å². The SMILES string of the molecule is COc1cc2nc(N)n(C3CC4CCC3O4)c2cc1OC. The predicted octanol–water partition coefficient (Wildman–Crippen LogP) is 2.13. The van der Waals surface area contributed by atoms with Crippen LogP contribution in [0.3, 0.4) is 0 Å². The molecule has 6 nitrogen and oxygen atoms in total. The minimum absolute atomic E-state index is 0.253. The van der Waals surface area contributed by atoms with Gasteiger partial charge in [0, 0.05) is 12.1 Å². The molecule has 2 saturated heterocycles. The van der Waals surface area contributed by atoms with Gasteiger partial charge in [0.05, 0.1) is 43.5 Å². The van der Waals surface area contributed by atoms with E-state index in [1.54, 1.807) is 14.2 Å². The van der Waals surface area contributed by atoms with E-state index >= 15 is 0 Å². The number of hydrogen-bond donors (Lipinski definition) is 1. The number of benzene rings is 1. The molecule has 4 rings (SSSR count). The van der Waals surface area contributed by atoms with Crippen molar-refractivity contribution in [2.45, 2.75) is 37.5 Å². The van der Waals surface area contributed by atoms with E-state index in [-0.39, 0.29) is 12.1 Å². The third kappa shape index (κ3) is 1.78.